The van der Waals surface area contributed by atoms with E-state index < -0.39 is 95.8 Å². The number of aliphatic carboxylic acids is 1. The Bertz CT molecular complexity index is 2090. The van der Waals surface area contributed by atoms with Crippen molar-refractivity contribution in [3.63, 3.8) is 0 Å². The number of carboxylic acid groups (broad SMARTS) is 1. The Morgan fingerprint density at radius 2 is 1.12 bits per heavy atom. The van der Waals surface area contributed by atoms with Crippen molar-refractivity contribution < 1.29 is 62.4 Å². The summed E-state index contributed by atoms with van der Waals surface area (Å²) in [6.45, 7) is 14.0. The van der Waals surface area contributed by atoms with E-state index in [1.807, 2.05) is 30.3 Å². The fourth-order valence-electron chi connectivity index (χ4n) is 7.84. The first-order valence-corrected chi connectivity index (χ1v) is 21.6. The Kier molecular flexibility index (Phi) is 15.4. The second kappa shape index (κ2) is 20.0. The molecular weight excluding hydrogens is 835 g/mol. The van der Waals surface area contributed by atoms with Crippen LogP contribution in [0, 0.1) is 0 Å². The molecule has 64 heavy (non-hydrogen) atoms. The highest BCUT2D eigenvalue weighted by Gasteiger charge is 2.48. The molecule has 2 aromatic rings. The molecular formula is C44H63N7O13. The number of aromatic nitrogens is 1. The molecule has 8 atom stereocenters. The molecule has 352 valence electrons. The summed E-state index contributed by atoms with van der Waals surface area (Å²) in [6, 6.07) is 4.25. The van der Waals surface area contributed by atoms with Gasteiger partial charge in [-0.25, -0.2) is 14.4 Å². The lowest BCUT2D eigenvalue weighted by molar-refractivity contribution is -0.155. The van der Waals surface area contributed by atoms with Gasteiger partial charge in [-0.15, -0.1) is 0 Å². The smallest absolute Gasteiger partial charge is 0.410 e. The second-order valence-corrected chi connectivity index (χ2v) is 18.5. The first kappa shape index (κ1) is 49.3. The van der Waals surface area contributed by atoms with E-state index in [9.17, 15) is 43.5 Å². The summed E-state index contributed by atoms with van der Waals surface area (Å²) in [5, 5.41) is 15.7. The Morgan fingerprint density at radius 3 is 1.58 bits per heavy atom. The van der Waals surface area contributed by atoms with Crippen LogP contribution in [0.2, 0.25) is 0 Å². The predicted octanol–water partition coefficient (Wildman–Crippen LogP) is 3.31. The zero-order valence-electron chi connectivity index (χ0n) is 38.3. The van der Waals surface area contributed by atoms with Gasteiger partial charge in [-0.1, -0.05) is 18.2 Å². The van der Waals surface area contributed by atoms with Crippen LogP contribution in [0.3, 0.4) is 0 Å². The fourth-order valence-corrected chi connectivity index (χ4v) is 7.84. The van der Waals surface area contributed by atoms with Gasteiger partial charge >= 0.3 is 18.2 Å². The van der Waals surface area contributed by atoms with Crippen molar-refractivity contribution in [2.45, 2.75) is 154 Å². The number of nitrogens with one attached hydrogen (secondary N) is 2. The van der Waals surface area contributed by atoms with Crippen LogP contribution >= 0.6 is 0 Å². The third kappa shape index (κ3) is 11.5. The normalized spacial score (nSPS) is 24.4. The number of likely N-dealkylation sites (N-methyl/N-ethyl adjacent to an activating group) is 2. The van der Waals surface area contributed by atoms with E-state index in [-0.39, 0.29) is 37.9 Å². The van der Waals surface area contributed by atoms with Crippen LogP contribution < -0.4 is 10.6 Å². The summed E-state index contributed by atoms with van der Waals surface area (Å²) in [6.07, 6.45) is 1.60. The molecule has 6 rings (SSSR count). The van der Waals surface area contributed by atoms with Crippen molar-refractivity contribution in [2.75, 3.05) is 27.3 Å². The molecule has 6 amide bonds. The molecule has 4 fully saturated rings. The van der Waals surface area contributed by atoms with Gasteiger partial charge in [0.2, 0.25) is 23.6 Å². The largest absolute Gasteiger partial charge is 0.480 e. The summed E-state index contributed by atoms with van der Waals surface area (Å²) in [5.74, 6) is -3.15. The van der Waals surface area contributed by atoms with E-state index in [0.29, 0.717) is 25.7 Å². The first-order chi connectivity index (χ1) is 29.9. The number of hydrogen-bond acceptors (Lipinski definition) is 12. The van der Waals surface area contributed by atoms with Crippen LogP contribution in [0.4, 0.5) is 9.59 Å². The average Bonchev–Trinajstić information content (AvgIpc) is 3.92. The zero-order valence-corrected chi connectivity index (χ0v) is 38.3. The number of benzene rings is 1. The third-order valence-corrected chi connectivity index (χ3v) is 11.5. The van der Waals surface area contributed by atoms with Gasteiger partial charge < -0.3 is 44.5 Å². The maximum atomic E-state index is 13.6. The van der Waals surface area contributed by atoms with Gasteiger partial charge in [0.1, 0.15) is 59.9 Å². The minimum Gasteiger partial charge on any atom is -0.480 e. The summed E-state index contributed by atoms with van der Waals surface area (Å²) >= 11 is 0. The Hall–Kier alpha value is -5.76. The molecule has 0 aliphatic carbocycles. The summed E-state index contributed by atoms with van der Waals surface area (Å²) in [5.41, 5.74) is -0.627. The number of hydrogen-bond donors (Lipinski definition) is 3. The van der Waals surface area contributed by atoms with Gasteiger partial charge in [-0.3, -0.25) is 38.3 Å². The molecule has 0 spiro atoms. The molecule has 20 nitrogen and oxygen atoms in total. The molecule has 1 aromatic carbocycles. The van der Waals surface area contributed by atoms with E-state index in [1.165, 1.54) is 35.7 Å². The van der Waals surface area contributed by atoms with E-state index in [1.54, 1.807) is 59.2 Å². The molecule has 20 heteroatoms. The molecule has 4 aliphatic rings. The van der Waals surface area contributed by atoms with Gasteiger partial charge in [0.05, 0.1) is 18.7 Å². The van der Waals surface area contributed by atoms with Crippen molar-refractivity contribution in [1.82, 2.24) is 34.8 Å². The molecule has 4 saturated heterocycles. The van der Waals surface area contributed by atoms with Crippen LogP contribution in [0.25, 0.3) is 10.9 Å². The second-order valence-electron chi connectivity index (χ2n) is 18.5. The van der Waals surface area contributed by atoms with Crippen molar-refractivity contribution in [2.24, 2.45) is 0 Å². The topological polar surface area (TPSA) is 236 Å². The molecule has 0 saturated carbocycles. The highest BCUT2D eigenvalue weighted by molar-refractivity contribution is 5.99. The maximum Gasteiger partial charge on any atom is 0.410 e. The van der Waals surface area contributed by atoms with Crippen LogP contribution in [0.5, 0.6) is 0 Å². The number of carboxylic acids is 1. The number of carbonyl (C=O) groups excluding carboxylic acids is 7. The summed E-state index contributed by atoms with van der Waals surface area (Å²) in [4.78, 5) is 107. The summed E-state index contributed by atoms with van der Waals surface area (Å²) < 4.78 is 23.7. The SMILES string of the molecule is C[C@@H](C(=O)N[C@H]1CCO[C@H]2CC[C@@H](C(=O)O)N2C1=O)N(C)C(=O)OC(C)(C)C.C[C@@H](C(=O)N[C@H]1CCO[C@H]2CC[C@@H](C(=O)n3ccc4ccccc43)N2C1=O)N(C)C(=O)OC(C)(C)C. The highest BCUT2D eigenvalue weighted by atomic mass is 16.6. The van der Waals surface area contributed by atoms with Crippen LogP contribution in [0.15, 0.2) is 36.5 Å². The molecule has 3 N–H and O–H groups in total. The van der Waals surface area contributed by atoms with Crippen molar-refractivity contribution >= 4 is 58.6 Å². The first-order valence-electron chi connectivity index (χ1n) is 21.6. The molecule has 1 aromatic heterocycles. The van der Waals surface area contributed by atoms with Crippen LogP contribution in [-0.2, 0) is 42.9 Å². The third-order valence-electron chi connectivity index (χ3n) is 11.5. The standard InChI is InChI=1S/C26H34N4O6.C18H29N3O7/c1-16(28(5)25(34)36-26(2,3)4)22(31)27-18-13-15-35-21-11-10-20(30(21)23(18)32)24(33)29-14-12-17-8-6-7-9-19(17)29;1-10(20(5)17(26)28-18(2,3)4)14(22)19-11-8-9-27-13-7-6-12(16(24)25)21(13)15(11)23/h6-9,12,14,16,18,20-21H,10-11,13,15H2,1-5H3,(H,27,31);10-13H,6-9H2,1-5H3,(H,19,22)(H,24,25)/t16-,18-,20-,21-;10-,11-,12-,13-/m00/s1. The lowest BCUT2D eigenvalue weighted by Gasteiger charge is -2.31. The minimum atomic E-state index is -1.09. The number of nitrogens with zero attached hydrogens (tertiary/aromatic N) is 5. The molecule has 0 unspecified atom stereocenters. The quantitative estimate of drug-likeness (QED) is 0.346. The number of para-hydroxylation sites is 1. The molecule has 0 bridgehead atoms. The Balaban J connectivity index is 0.000000249. The predicted molar refractivity (Wildman–Crippen MR) is 229 cm³/mol. The molecule has 5 heterocycles. The summed E-state index contributed by atoms with van der Waals surface area (Å²) in [7, 11) is 2.91. The van der Waals surface area contributed by atoms with Crippen LogP contribution in [-0.4, -0.2) is 164 Å². The monoisotopic (exact) mass is 897 g/mol. The number of amides is 6. The number of rotatable bonds is 8. The fraction of sp³-hybridized carbons (Fsp3) is 0.636. The van der Waals surface area contributed by atoms with Gasteiger partial charge in [0.25, 0.3) is 5.91 Å². The minimum absolute atomic E-state index is 0.208. The van der Waals surface area contributed by atoms with Crippen molar-refractivity contribution in [3.05, 3.63) is 36.5 Å². The van der Waals surface area contributed by atoms with E-state index in [2.05, 4.69) is 10.6 Å². The lowest BCUT2D eigenvalue weighted by Crippen LogP contribution is -2.56. The van der Waals surface area contributed by atoms with E-state index in [4.69, 9.17) is 18.9 Å². The molecule has 4 aliphatic heterocycles. The maximum absolute atomic E-state index is 13.6. The Morgan fingerprint density at radius 1 is 0.688 bits per heavy atom. The van der Waals surface area contributed by atoms with Gasteiger partial charge in [-0.05, 0) is 93.2 Å². The van der Waals surface area contributed by atoms with Gasteiger partial charge in [-0.2, -0.15) is 0 Å². The lowest BCUT2D eigenvalue weighted by atomic mass is 10.1. The average molecular weight is 898 g/mol. The highest BCUT2D eigenvalue weighted by Crippen LogP contribution is 2.32. The van der Waals surface area contributed by atoms with Gasteiger partial charge in [0.15, 0.2) is 0 Å². The van der Waals surface area contributed by atoms with Crippen molar-refractivity contribution in [3.8, 4) is 0 Å². The van der Waals surface area contributed by atoms with Gasteiger partial charge in [0, 0.05) is 38.5 Å². The van der Waals surface area contributed by atoms with E-state index in [0.717, 1.165) is 15.8 Å². The number of carbonyl (C=O) groups is 8. The number of fused-ring (bicyclic) bond motifs is 3. The molecule has 0 radical (unpaired) electrons. The van der Waals surface area contributed by atoms with Crippen molar-refractivity contribution in [1.29, 1.82) is 0 Å². The Labute approximate surface area is 372 Å². The zero-order chi connectivity index (χ0) is 47.4. The number of ether oxygens (including phenoxy) is 4. The van der Waals surface area contributed by atoms with E-state index >= 15 is 0 Å². The van der Waals surface area contributed by atoms with Crippen LogP contribution in [0.1, 0.15) is 98.7 Å².